The molecule has 4 rings (SSSR count). The van der Waals surface area contributed by atoms with Crippen LogP contribution in [0.4, 0.5) is 11.4 Å². The van der Waals surface area contributed by atoms with Gasteiger partial charge in [-0.1, -0.05) is 28.1 Å². The first-order valence-electron chi connectivity index (χ1n) is 8.25. The maximum absolute atomic E-state index is 12.8. The Labute approximate surface area is 167 Å². The molecule has 0 aliphatic heterocycles. The summed E-state index contributed by atoms with van der Waals surface area (Å²) in [6.45, 7) is 1.43. The van der Waals surface area contributed by atoms with Crippen LogP contribution in [0.15, 0.2) is 46.9 Å². The van der Waals surface area contributed by atoms with E-state index in [9.17, 15) is 9.59 Å². The lowest BCUT2D eigenvalue weighted by atomic mass is 10.1. The topological polar surface area (TPSA) is 128 Å². The zero-order chi connectivity index (χ0) is 19.7. The summed E-state index contributed by atoms with van der Waals surface area (Å²) in [4.78, 5) is 27.3. The van der Waals surface area contributed by atoms with Crippen LogP contribution in [-0.4, -0.2) is 37.4 Å². The highest BCUT2D eigenvalue weighted by Crippen LogP contribution is 2.29. The number of hydrogen-bond donors (Lipinski definition) is 4. The molecule has 0 unspecified atom stereocenters. The van der Waals surface area contributed by atoms with Gasteiger partial charge in [0.05, 0.1) is 16.9 Å². The van der Waals surface area contributed by atoms with Crippen molar-refractivity contribution in [2.24, 2.45) is 0 Å². The molecular formula is C18H14BrN7O2. The second kappa shape index (κ2) is 7.24. The number of hydrogen-bond acceptors (Lipinski definition) is 5. The molecule has 0 fully saturated rings. The standard InChI is InChI=1S/C18H14BrN7O2/c1-9(27)20-14-4-2-3-10-7-15(21-16(10)14)18(28)22-13-6-5-11(19)8-12(13)17-23-25-26-24-17/h2-8,21H,1H3,(H,20,27)(H,22,28)(H,23,24,25,26). The average molecular weight is 440 g/mol. The van der Waals surface area contributed by atoms with Crippen LogP contribution in [0.25, 0.3) is 22.3 Å². The summed E-state index contributed by atoms with van der Waals surface area (Å²) in [7, 11) is 0. The van der Waals surface area contributed by atoms with E-state index in [0.717, 1.165) is 9.86 Å². The highest BCUT2D eigenvalue weighted by Gasteiger charge is 2.16. The lowest BCUT2D eigenvalue weighted by molar-refractivity contribution is -0.114. The van der Waals surface area contributed by atoms with Crippen LogP contribution in [0.2, 0.25) is 0 Å². The fourth-order valence-corrected chi connectivity index (χ4v) is 3.21. The Hall–Kier alpha value is -3.53. The number of fused-ring (bicyclic) bond motifs is 1. The number of para-hydroxylation sites is 1. The molecule has 2 heterocycles. The molecule has 0 saturated carbocycles. The molecule has 0 aliphatic carbocycles. The van der Waals surface area contributed by atoms with Crippen molar-refractivity contribution in [1.82, 2.24) is 25.6 Å². The van der Waals surface area contributed by atoms with Crippen molar-refractivity contribution < 1.29 is 9.59 Å². The van der Waals surface area contributed by atoms with E-state index in [4.69, 9.17) is 0 Å². The van der Waals surface area contributed by atoms with E-state index < -0.39 is 0 Å². The number of carbonyl (C=O) groups is 2. The van der Waals surface area contributed by atoms with Crippen LogP contribution in [-0.2, 0) is 4.79 Å². The van der Waals surface area contributed by atoms with Gasteiger partial charge in [0.15, 0.2) is 0 Å². The van der Waals surface area contributed by atoms with Crippen molar-refractivity contribution in [2.45, 2.75) is 6.92 Å². The predicted octanol–water partition coefficient (Wildman–Crippen LogP) is 3.32. The second-order valence-electron chi connectivity index (χ2n) is 6.01. The number of aromatic amines is 2. The van der Waals surface area contributed by atoms with Crippen molar-refractivity contribution >= 4 is 50.0 Å². The number of anilines is 2. The molecule has 0 aliphatic rings. The van der Waals surface area contributed by atoms with Gasteiger partial charge in [-0.2, -0.15) is 5.21 Å². The number of nitrogens with one attached hydrogen (secondary N) is 4. The molecule has 0 spiro atoms. The first kappa shape index (κ1) is 17.9. The molecule has 4 N–H and O–H groups in total. The molecule has 10 heteroatoms. The lowest BCUT2D eigenvalue weighted by Crippen LogP contribution is -2.13. The Bertz CT molecular complexity index is 1180. The zero-order valence-corrected chi connectivity index (χ0v) is 16.2. The Balaban J connectivity index is 1.67. The van der Waals surface area contributed by atoms with Crippen LogP contribution in [0.5, 0.6) is 0 Å². The quantitative estimate of drug-likeness (QED) is 0.387. The fraction of sp³-hybridized carbons (Fsp3) is 0.0556. The number of rotatable bonds is 4. The molecule has 2 aromatic heterocycles. The molecule has 0 bridgehead atoms. The third kappa shape index (κ3) is 3.49. The van der Waals surface area contributed by atoms with Gasteiger partial charge in [-0.15, -0.1) is 10.2 Å². The van der Waals surface area contributed by atoms with Gasteiger partial charge in [-0.05, 0) is 35.5 Å². The number of aromatic nitrogens is 5. The van der Waals surface area contributed by atoms with Gasteiger partial charge in [0.25, 0.3) is 5.91 Å². The maximum atomic E-state index is 12.8. The van der Waals surface area contributed by atoms with E-state index in [-0.39, 0.29) is 11.8 Å². The molecule has 2 aromatic carbocycles. The number of halogens is 1. The van der Waals surface area contributed by atoms with Gasteiger partial charge in [-0.25, -0.2) is 0 Å². The first-order valence-corrected chi connectivity index (χ1v) is 9.04. The van der Waals surface area contributed by atoms with Crippen molar-refractivity contribution in [2.75, 3.05) is 10.6 Å². The molecule has 28 heavy (non-hydrogen) atoms. The molecule has 0 saturated heterocycles. The van der Waals surface area contributed by atoms with Crippen LogP contribution in [0.3, 0.4) is 0 Å². The SMILES string of the molecule is CC(=O)Nc1cccc2cc(C(=O)Nc3ccc(Br)cc3-c3nn[nH]n3)[nH]c12. The van der Waals surface area contributed by atoms with Crippen LogP contribution < -0.4 is 10.6 Å². The Morgan fingerprint density at radius 2 is 1.93 bits per heavy atom. The highest BCUT2D eigenvalue weighted by molar-refractivity contribution is 9.10. The van der Waals surface area contributed by atoms with Crippen LogP contribution >= 0.6 is 15.9 Å². The predicted molar refractivity (Wildman–Crippen MR) is 108 cm³/mol. The summed E-state index contributed by atoms with van der Waals surface area (Å²) in [5.74, 6) is -0.161. The molecule has 9 nitrogen and oxygen atoms in total. The molecule has 0 atom stereocenters. The van der Waals surface area contributed by atoms with E-state index >= 15 is 0 Å². The van der Waals surface area contributed by atoms with E-state index in [1.165, 1.54) is 6.92 Å². The lowest BCUT2D eigenvalue weighted by Gasteiger charge is -2.08. The number of amides is 2. The van der Waals surface area contributed by atoms with Crippen LogP contribution in [0.1, 0.15) is 17.4 Å². The summed E-state index contributed by atoms with van der Waals surface area (Å²) in [5.41, 5.74) is 2.80. The molecule has 140 valence electrons. The van der Waals surface area contributed by atoms with Gasteiger partial charge in [0.2, 0.25) is 11.7 Å². The zero-order valence-electron chi connectivity index (χ0n) is 14.6. The van der Waals surface area contributed by atoms with E-state index in [2.05, 4.69) is 52.2 Å². The number of nitrogens with zero attached hydrogens (tertiary/aromatic N) is 3. The number of tetrazole rings is 1. The van der Waals surface area contributed by atoms with Gasteiger partial charge in [0, 0.05) is 22.3 Å². The number of carbonyl (C=O) groups excluding carboxylic acids is 2. The summed E-state index contributed by atoms with van der Waals surface area (Å²) in [6.07, 6.45) is 0. The van der Waals surface area contributed by atoms with Gasteiger partial charge in [-0.3, -0.25) is 9.59 Å². The van der Waals surface area contributed by atoms with Crippen molar-refractivity contribution in [3.8, 4) is 11.4 Å². The summed E-state index contributed by atoms with van der Waals surface area (Å²) in [6, 6.07) is 12.5. The van der Waals surface area contributed by atoms with Crippen molar-refractivity contribution in [3.05, 3.63) is 52.6 Å². The van der Waals surface area contributed by atoms with E-state index in [1.54, 1.807) is 30.3 Å². The Kier molecular flexibility index (Phi) is 4.62. The normalized spacial score (nSPS) is 10.8. The third-order valence-electron chi connectivity index (χ3n) is 4.03. The van der Waals surface area contributed by atoms with Gasteiger partial charge >= 0.3 is 0 Å². The monoisotopic (exact) mass is 439 g/mol. The minimum Gasteiger partial charge on any atom is -0.349 e. The summed E-state index contributed by atoms with van der Waals surface area (Å²) < 4.78 is 0.816. The number of H-pyrrole nitrogens is 2. The number of benzene rings is 2. The summed E-state index contributed by atoms with van der Waals surface area (Å²) in [5, 5.41) is 20.3. The van der Waals surface area contributed by atoms with Crippen molar-refractivity contribution in [3.63, 3.8) is 0 Å². The minimum atomic E-state index is -0.336. The van der Waals surface area contributed by atoms with E-state index in [1.807, 2.05) is 12.1 Å². The third-order valence-corrected chi connectivity index (χ3v) is 4.52. The average Bonchev–Trinajstić information content (AvgIpc) is 3.32. The smallest absolute Gasteiger partial charge is 0.272 e. The Morgan fingerprint density at radius 1 is 1.07 bits per heavy atom. The Morgan fingerprint density at radius 3 is 2.68 bits per heavy atom. The first-order chi connectivity index (χ1) is 13.5. The summed E-state index contributed by atoms with van der Waals surface area (Å²) >= 11 is 3.40. The van der Waals surface area contributed by atoms with Crippen LogP contribution in [0, 0.1) is 0 Å². The molecular weight excluding hydrogens is 426 g/mol. The largest absolute Gasteiger partial charge is 0.349 e. The van der Waals surface area contributed by atoms with E-state index in [0.29, 0.717) is 34.0 Å². The minimum absolute atomic E-state index is 0.187. The van der Waals surface area contributed by atoms with Gasteiger partial charge in [0.1, 0.15) is 5.69 Å². The maximum Gasteiger partial charge on any atom is 0.272 e. The second-order valence-corrected chi connectivity index (χ2v) is 6.93. The van der Waals surface area contributed by atoms with Gasteiger partial charge < -0.3 is 15.6 Å². The molecule has 0 radical (unpaired) electrons. The van der Waals surface area contributed by atoms with Crippen molar-refractivity contribution in [1.29, 1.82) is 0 Å². The molecule has 2 amide bonds. The highest BCUT2D eigenvalue weighted by atomic mass is 79.9. The molecule has 4 aromatic rings. The fourth-order valence-electron chi connectivity index (χ4n) is 2.85.